The molecular weight excluding hydrogens is 284 g/mol. The summed E-state index contributed by atoms with van der Waals surface area (Å²) in [6.07, 6.45) is 6.70. The van der Waals surface area contributed by atoms with Gasteiger partial charge < -0.3 is 5.32 Å². The Morgan fingerprint density at radius 1 is 1.22 bits per heavy atom. The maximum atomic E-state index is 8.97. The molecule has 1 N–H and O–H groups in total. The second-order valence-electron chi connectivity index (χ2n) is 6.43. The van der Waals surface area contributed by atoms with Crippen LogP contribution in [0.3, 0.4) is 0 Å². The van der Waals surface area contributed by atoms with Crippen molar-refractivity contribution in [2.24, 2.45) is 5.92 Å². The summed E-state index contributed by atoms with van der Waals surface area (Å²) in [6, 6.07) is 12.2. The van der Waals surface area contributed by atoms with Crippen molar-refractivity contribution < 1.29 is 0 Å². The fourth-order valence-corrected chi connectivity index (χ4v) is 3.44. The highest BCUT2D eigenvalue weighted by molar-refractivity contribution is 5.61. The van der Waals surface area contributed by atoms with Gasteiger partial charge in [0, 0.05) is 13.1 Å². The molecule has 0 bridgehead atoms. The van der Waals surface area contributed by atoms with Gasteiger partial charge in [-0.3, -0.25) is 4.68 Å². The highest BCUT2D eigenvalue weighted by Crippen LogP contribution is 2.28. The van der Waals surface area contributed by atoms with Gasteiger partial charge in [0.1, 0.15) is 0 Å². The molecule has 0 aliphatic heterocycles. The van der Waals surface area contributed by atoms with E-state index in [-0.39, 0.29) is 0 Å². The van der Waals surface area contributed by atoms with Crippen LogP contribution in [-0.4, -0.2) is 16.8 Å². The largest absolute Gasteiger partial charge is 0.314 e. The van der Waals surface area contributed by atoms with Crippen LogP contribution in [0, 0.1) is 17.2 Å². The summed E-state index contributed by atoms with van der Waals surface area (Å²) in [5.41, 5.74) is 4.06. The molecule has 0 spiro atoms. The van der Waals surface area contributed by atoms with Crippen LogP contribution in [0.15, 0.2) is 30.3 Å². The van der Waals surface area contributed by atoms with Crippen LogP contribution in [0.1, 0.15) is 43.4 Å². The molecule has 120 valence electrons. The number of hydrogen-bond acceptors (Lipinski definition) is 3. The number of rotatable bonds is 5. The van der Waals surface area contributed by atoms with Crippen LogP contribution >= 0.6 is 0 Å². The Labute approximate surface area is 138 Å². The van der Waals surface area contributed by atoms with Crippen LogP contribution in [0.25, 0.3) is 11.3 Å². The van der Waals surface area contributed by atoms with Gasteiger partial charge in [0.15, 0.2) is 0 Å². The van der Waals surface area contributed by atoms with Crippen LogP contribution in [0.4, 0.5) is 0 Å². The second-order valence-corrected chi connectivity index (χ2v) is 6.43. The molecule has 4 heteroatoms. The molecule has 0 atom stereocenters. The van der Waals surface area contributed by atoms with Crippen molar-refractivity contribution in [3.63, 3.8) is 0 Å². The first-order valence-electron chi connectivity index (χ1n) is 8.52. The molecule has 1 fully saturated rings. The Kier molecular flexibility index (Phi) is 5.09. The molecule has 1 aromatic carbocycles. The van der Waals surface area contributed by atoms with E-state index in [9.17, 15) is 0 Å². The van der Waals surface area contributed by atoms with Gasteiger partial charge in [-0.15, -0.1) is 0 Å². The molecule has 0 unspecified atom stereocenters. The monoisotopic (exact) mass is 308 g/mol. The van der Waals surface area contributed by atoms with Crippen LogP contribution in [0.5, 0.6) is 0 Å². The van der Waals surface area contributed by atoms with E-state index in [1.54, 1.807) is 0 Å². The van der Waals surface area contributed by atoms with E-state index < -0.39 is 0 Å². The quantitative estimate of drug-likeness (QED) is 0.916. The topological polar surface area (TPSA) is 53.6 Å². The summed E-state index contributed by atoms with van der Waals surface area (Å²) in [6.45, 7) is 1.78. The van der Waals surface area contributed by atoms with E-state index in [4.69, 9.17) is 10.4 Å². The number of nitrogens with zero attached hydrogens (tertiary/aromatic N) is 3. The van der Waals surface area contributed by atoms with Crippen molar-refractivity contribution in [1.29, 1.82) is 5.26 Å². The lowest BCUT2D eigenvalue weighted by Gasteiger charge is -2.22. The highest BCUT2D eigenvalue weighted by atomic mass is 15.3. The SMILES string of the molecule is CNCc1cc(-c2ccc(C#N)cc2)n(CC2CCCCC2)n1. The van der Waals surface area contributed by atoms with Crippen molar-refractivity contribution in [3.05, 3.63) is 41.6 Å². The average Bonchev–Trinajstić information content (AvgIpc) is 2.99. The van der Waals surface area contributed by atoms with E-state index in [1.165, 1.54) is 32.1 Å². The predicted molar refractivity (Wildman–Crippen MR) is 91.7 cm³/mol. The maximum Gasteiger partial charge on any atom is 0.0991 e. The van der Waals surface area contributed by atoms with Gasteiger partial charge in [0.05, 0.1) is 23.0 Å². The van der Waals surface area contributed by atoms with Crippen LogP contribution < -0.4 is 5.32 Å². The van der Waals surface area contributed by atoms with E-state index >= 15 is 0 Å². The summed E-state index contributed by atoms with van der Waals surface area (Å²) < 4.78 is 2.17. The molecule has 1 saturated carbocycles. The van der Waals surface area contributed by atoms with Gasteiger partial charge in [0.25, 0.3) is 0 Å². The third-order valence-electron chi connectivity index (χ3n) is 4.65. The van der Waals surface area contributed by atoms with Crippen LogP contribution in [-0.2, 0) is 13.1 Å². The summed E-state index contributed by atoms with van der Waals surface area (Å²) >= 11 is 0. The molecule has 2 aromatic rings. The van der Waals surface area contributed by atoms with Crippen molar-refractivity contribution in [2.45, 2.75) is 45.2 Å². The number of nitrogens with one attached hydrogen (secondary N) is 1. The van der Waals surface area contributed by atoms with Crippen molar-refractivity contribution >= 4 is 0 Å². The Bertz CT molecular complexity index is 672. The number of hydrogen-bond donors (Lipinski definition) is 1. The molecule has 0 radical (unpaired) electrons. The third kappa shape index (κ3) is 3.80. The smallest absolute Gasteiger partial charge is 0.0991 e. The van der Waals surface area contributed by atoms with Gasteiger partial charge in [0.2, 0.25) is 0 Å². The zero-order chi connectivity index (χ0) is 16.1. The Hall–Kier alpha value is -2.12. The first-order chi connectivity index (χ1) is 11.3. The summed E-state index contributed by atoms with van der Waals surface area (Å²) in [5.74, 6) is 0.739. The van der Waals surface area contributed by atoms with Crippen molar-refractivity contribution in [2.75, 3.05) is 7.05 Å². The first kappa shape index (κ1) is 15.8. The lowest BCUT2D eigenvalue weighted by Crippen LogP contribution is -2.16. The van der Waals surface area contributed by atoms with Crippen molar-refractivity contribution in [1.82, 2.24) is 15.1 Å². The third-order valence-corrected chi connectivity index (χ3v) is 4.65. The molecule has 23 heavy (non-hydrogen) atoms. The lowest BCUT2D eigenvalue weighted by atomic mass is 9.89. The number of aromatic nitrogens is 2. The Morgan fingerprint density at radius 3 is 2.61 bits per heavy atom. The maximum absolute atomic E-state index is 8.97. The summed E-state index contributed by atoms with van der Waals surface area (Å²) in [5, 5.41) is 16.9. The average molecular weight is 308 g/mol. The summed E-state index contributed by atoms with van der Waals surface area (Å²) in [7, 11) is 1.95. The highest BCUT2D eigenvalue weighted by Gasteiger charge is 2.17. The molecule has 4 nitrogen and oxygen atoms in total. The Morgan fingerprint density at radius 2 is 1.96 bits per heavy atom. The molecule has 1 aliphatic carbocycles. The molecule has 1 heterocycles. The normalized spacial score (nSPS) is 15.5. The van der Waals surface area contributed by atoms with Gasteiger partial charge in [-0.2, -0.15) is 10.4 Å². The molecule has 0 saturated heterocycles. The van der Waals surface area contributed by atoms with Crippen LogP contribution in [0.2, 0.25) is 0 Å². The van der Waals surface area contributed by atoms with Gasteiger partial charge in [-0.25, -0.2) is 0 Å². The molecule has 1 aliphatic rings. The van der Waals surface area contributed by atoms with Crippen molar-refractivity contribution in [3.8, 4) is 17.3 Å². The van der Waals surface area contributed by atoms with E-state index in [0.29, 0.717) is 5.56 Å². The first-order valence-corrected chi connectivity index (χ1v) is 8.52. The van der Waals surface area contributed by atoms with E-state index in [1.807, 2.05) is 31.3 Å². The van der Waals surface area contributed by atoms with Gasteiger partial charge in [-0.05, 0) is 49.6 Å². The number of benzene rings is 1. The molecule has 0 amide bonds. The summed E-state index contributed by atoms with van der Waals surface area (Å²) in [4.78, 5) is 0. The lowest BCUT2D eigenvalue weighted by molar-refractivity contribution is 0.309. The zero-order valence-electron chi connectivity index (χ0n) is 13.8. The fourth-order valence-electron chi connectivity index (χ4n) is 3.44. The minimum absolute atomic E-state index is 0.697. The Balaban J connectivity index is 1.88. The molecule has 3 rings (SSSR count). The fraction of sp³-hybridized carbons (Fsp3) is 0.474. The predicted octanol–water partition coefficient (Wildman–Crippen LogP) is 3.72. The van der Waals surface area contributed by atoms with E-state index in [0.717, 1.165) is 36.0 Å². The molecular formula is C19H24N4. The van der Waals surface area contributed by atoms with Gasteiger partial charge >= 0.3 is 0 Å². The minimum atomic E-state index is 0.697. The second kappa shape index (κ2) is 7.43. The van der Waals surface area contributed by atoms with E-state index in [2.05, 4.69) is 22.1 Å². The zero-order valence-corrected chi connectivity index (χ0v) is 13.8. The minimum Gasteiger partial charge on any atom is -0.314 e. The molecule has 1 aromatic heterocycles. The standard InChI is InChI=1S/C19H24N4/c1-21-13-18-11-19(17-9-7-15(12-20)8-10-17)23(22-18)14-16-5-3-2-4-6-16/h7-11,16,21H,2-6,13-14H2,1H3. The van der Waals surface area contributed by atoms with Gasteiger partial charge in [-0.1, -0.05) is 31.4 Å². The number of nitriles is 1.